The Hall–Kier alpha value is -1.09. The molecule has 0 aliphatic carbocycles. The fraction of sp³-hybridized carbons (Fsp3) is 0.583. The zero-order valence-electron chi connectivity index (χ0n) is 10.2. The predicted molar refractivity (Wildman–Crippen MR) is 63.9 cm³/mol. The topological polar surface area (TPSA) is 29.9 Å². The lowest BCUT2D eigenvalue weighted by Crippen LogP contribution is -2.06. The SMILES string of the molecule is CNCCC=C(C)Cc1cc(C)nn1C. The van der Waals surface area contributed by atoms with Gasteiger partial charge in [0, 0.05) is 19.2 Å². The molecule has 1 N–H and O–H groups in total. The quantitative estimate of drug-likeness (QED) is 0.589. The second-order valence-electron chi connectivity index (χ2n) is 4.02. The second kappa shape index (κ2) is 5.71. The zero-order chi connectivity index (χ0) is 11.3. The first kappa shape index (κ1) is 12.0. The third-order valence-corrected chi connectivity index (χ3v) is 2.45. The summed E-state index contributed by atoms with van der Waals surface area (Å²) in [6, 6.07) is 2.15. The highest BCUT2D eigenvalue weighted by molar-refractivity contribution is 5.16. The van der Waals surface area contributed by atoms with E-state index in [2.05, 4.69) is 29.5 Å². The molecule has 84 valence electrons. The summed E-state index contributed by atoms with van der Waals surface area (Å²) in [5.74, 6) is 0. The highest BCUT2D eigenvalue weighted by Gasteiger charge is 2.01. The van der Waals surface area contributed by atoms with Crippen molar-refractivity contribution < 1.29 is 0 Å². The van der Waals surface area contributed by atoms with Crippen LogP contribution in [0.1, 0.15) is 24.7 Å². The molecule has 1 aromatic heterocycles. The number of aryl methyl sites for hydroxylation is 2. The van der Waals surface area contributed by atoms with E-state index in [-0.39, 0.29) is 0 Å². The molecule has 1 heterocycles. The van der Waals surface area contributed by atoms with Gasteiger partial charge in [-0.3, -0.25) is 4.68 Å². The van der Waals surface area contributed by atoms with E-state index in [1.165, 1.54) is 11.3 Å². The number of hydrogen-bond acceptors (Lipinski definition) is 2. The van der Waals surface area contributed by atoms with Crippen LogP contribution >= 0.6 is 0 Å². The molecule has 0 bridgehead atoms. The molecule has 1 rings (SSSR count). The molecule has 15 heavy (non-hydrogen) atoms. The Balaban J connectivity index is 2.54. The highest BCUT2D eigenvalue weighted by Crippen LogP contribution is 2.09. The Bertz CT molecular complexity index is 337. The molecular weight excluding hydrogens is 186 g/mol. The lowest BCUT2D eigenvalue weighted by molar-refractivity contribution is 0.713. The summed E-state index contributed by atoms with van der Waals surface area (Å²) < 4.78 is 1.96. The Labute approximate surface area is 92.2 Å². The molecular formula is C12H21N3. The molecule has 0 amide bonds. The van der Waals surface area contributed by atoms with Crippen LogP contribution in [0.5, 0.6) is 0 Å². The maximum Gasteiger partial charge on any atom is 0.0596 e. The van der Waals surface area contributed by atoms with Gasteiger partial charge in [-0.05, 0) is 39.9 Å². The van der Waals surface area contributed by atoms with Gasteiger partial charge in [-0.15, -0.1) is 0 Å². The monoisotopic (exact) mass is 207 g/mol. The van der Waals surface area contributed by atoms with Crippen molar-refractivity contribution in [2.75, 3.05) is 13.6 Å². The maximum absolute atomic E-state index is 4.34. The molecule has 0 radical (unpaired) electrons. The van der Waals surface area contributed by atoms with Crippen LogP contribution in [0.25, 0.3) is 0 Å². The van der Waals surface area contributed by atoms with E-state index in [4.69, 9.17) is 0 Å². The van der Waals surface area contributed by atoms with Gasteiger partial charge in [-0.25, -0.2) is 0 Å². The van der Waals surface area contributed by atoms with Gasteiger partial charge in [0.1, 0.15) is 0 Å². The van der Waals surface area contributed by atoms with Crippen LogP contribution in [0.3, 0.4) is 0 Å². The maximum atomic E-state index is 4.34. The molecule has 1 aromatic rings. The van der Waals surface area contributed by atoms with E-state index in [1.807, 2.05) is 25.7 Å². The second-order valence-corrected chi connectivity index (χ2v) is 4.02. The minimum absolute atomic E-state index is 1.00. The van der Waals surface area contributed by atoms with Crippen LogP contribution < -0.4 is 5.32 Å². The average Bonchev–Trinajstić information content (AvgIpc) is 2.45. The molecule has 3 nitrogen and oxygen atoms in total. The Morgan fingerprint density at radius 2 is 2.33 bits per heavy atom. The van der Waals surface area contributed by atoms with Gasteiger partial charge < -0.3 is 5.32 Å². The number of allylic oxidation sites excluding steroid dienone is 1. The standard InChI is InChI=1S/C12H21N3/c1-10(6-5-7-13-3)8-12-9-11(2)14-15(12)4/h6,9,13H,5,7-8H2,1-4H3. The van der Waals surface area contributed by atoms with E-state index < -0.39 is 0 Å². The molecule has 0 aromatic carbocycles. The van der Waals surface area contributed by atoms with Crippen LogP contribution in [0.4, 0.5) is 0 Å². The minimum atomic E-state index is 1.00. The summed E-state index contributed by atoms with van der Waals surface area (Å²) in [7, 11) is 3.98. The molecule has 0 aliphatic heterocycles. The van der Waals surface area contributed by atoms with Crippen molar-refractivity contribution >= 4 is 0 Å². The van der Waals surface area contributed by atoms with Crippen molar-refractivity contribution in [2.45, 2.75) is 26.7 Å². The van der Waals surface area contributed by atoms with Crippen molar-refractivity contribution in [1.82, 2.24) is 15.1 Å². The molecule has 3 heteroatoms. The number of nitrogens with one attached hydrogen (secondary N) is 1. The highest BCUT2D eigenvalue weighted by atomic mass is 15.3. The first-order valence-electron chi connectivity index (χ1n) is 5.43. The average molecular weight is 207 g/mol. The Morgan fingerprint density at radius 3 is 2.87 bits per heavy atom. The molecule has 0 saturated heterocycles. The summed E-state index contributed by atoms with van der Waals surface area (Å²) >= 11 is 0. The molecule has 0 fully saturated rings. The number of hydrogen-bond donors (Lipinski definition) is 1. The van der Waals surface area contributed by atoms with E-state index in [0.29, 0.717) is 0 Å². The molecule has 0 atom stereocenters. The number of rotatable bonds is 5. The fourth-order valence-corrected chi connectivity index (χ4v) is 1.65. The van der Waals surface area contributed by atoms with Gasteiger partial charge in [0.2, 0.25) is 0 Å². The largest absolute Gasteiger partial charge is 0.319 e. The zero-order valence-corrected chi connectivity index (χ0v) is 10.2. The van der Waals surface area contributed by atoms with Crippen molar-refractivity contribution in [1.29, 1.82) is 0 Å². The summed E-state index contributed by atoms with van der Waals surface area (Å²) in [4.78, 5) is 0. The smallest absolute Gasteiger partial charge is 0.0596 e. The molecule has 0 saturated carbocycles. The van der Waals surface area contributed by atoms with Crippen LogP contribution in [0.2, 0.25) is 0 Å². The van der Waals surface area contributed by atoms with Gasteiger partial charge in [0.25, 0.3) is 0 Å². The van der Waals surface area contributed by atoms with Crippen molar-refractivity contribution in [3.63, 3.8) is 0 Å². The normalized spacial score (nSPS) is 12.1. The first-order valence-corrected chi connectivity index (χ1v) is 5.43. The Morgan fingerprint density at radius 1 is 1.60 bits per heavy atom. The van der Waals surface area contributed by atoms with Crippen molar-refractivity contribution in [2.24, 2.45) is 7.05 Å². The third kappa shape index (κ3) is 3.88. The summed E-state index contributed by atoms with van der Waals surface area (Å²) in [6.07, 6.45) is 4.39. The predicted octanol–water partition coefficient (Wildman–Crippen LogP) is 1.83. The summed E-state index contributed by atoms with van der Waals surface area (Å²) in [5, 5.41) is 7.48. The minimum Gasteiger partial charge on any atom is -0.319 e. The van der Waals surface area contributed by atoms with E-state index in [0.717, 1.165) is 25.1 Å². The molecule has 0 spiro atoms. The van der Waals surface area contributed by atoms with Crippen LogP contribution in [0.15, 0.2) is 17.7 Å². The van der Waals surface area contributed by atoms with Crippen LogP contribution in [0, 0.1) is 6.92 Å². The van der Waals surface area contributed by atoms with Crippen LogP contribution in [-0.4, -0.2) is 23.4 Å². The van der Waals surface area contributed by atoms with Crippen LogP contribution in [-0.2, 0) is 13.5 Å². The lowest BCUT2D eigenvalue weighted by atomic mass is 10.1. The first-order chi connectivity index (χ1) is 7.13. The summed E-state index contributed by atoms with van der Waals surface area (Å²) in [5.41, 5.74) is 3.79. The van der Waals surface area contributed by atoms with E-state index in [1.54, 1.807) is 0 Å². The number of nitrogens with zero attached hydrogens (tertiary/aromatic N) is 2. The number of aromatic nitrogens is 2. The van der Waals surface area contributed by atoms with E-state index in [9.17, 15) is 0 Å². The van der Waals surface area contributed by atoms with Gasteiger partial charge in [0.15, 0.2) is 0 Å². The summed E-state index contributed by atoms with van der Waals surface area (Å²) in [6.45, 7) is 5.25. The van der Waals surface area contributed by atoms with Crippen molar-refractivity contribution in [3.05, 3.63) is 29.1 Å². The van der Waals surface area contributed by atoms with Gasteiger partial charge in [-0.1, -0.05) is 11.6 Å². The Kier molecular flexibility index (Phi) is 4.56. The van der Waals surface area contributed by atoms with Gasteiger partial charge in [0.05, 0.1) is 5.69 Å². The molecule has 0 aliphatic rings. The fourth-order valence-electron chi connectivity index (χ4n) is 1.65. The molecule has 0 unspecified atom stereocenters. The van der Waals surface area contributed by atoms with E-state index >= 15 is 0 Å². The van der Waals surface area contributed by atoms with Crippen molar-refractivity contribution in [3.8, 4) is 0 Å². The lowest BCUT2D eigenvalue weighted by Gasteiger charge is -2.02. The van der Waals surface area contributed by atoms with Gasteiger partial charge >= 0.3 is 0 Å². The third-order valence-electron chi connectivity index (χ3n) is 2.45. The van der Waals surface area contributed by atoms with Gasteiger partial charge in [-0.2, -0.15) is 5.10 Å².